The van der Waals surface area contributed by atoms with E-state index in [0.29, 0.717) is 11.8 Å². The van der Waals surface area contributed by atoms with Crippen molar-refractivity contribution in [2.24, 2.45) is 5.92 Å². The molecule has 1 rings (SSSR count). The zero-order valence-corrected chi connectivity index (χ0v) is 10.6. The largest absolute Gasteiger partial charge is 0.496 e. The maximum absolute atomic E-state index is 5.80. The van der Waals surface area contributed by atoms with Crippen molar-refractivity contribution in [3.05, 3.63) is 23.0 Å². The number of pyridine rings is 1. The van der Waals surface area contributed by atoms with Gasteiger partial charge in [-0.25, -0.2) is 0 Å². The molecule has 1 atom stereocenters. The van der Waals surface area contributed by atoms with Crippen LogP contribution in [0, 0.1) is 19.8 Å². The third-order valence-electron chi connectivity index (χ3n) is 2.56. The molecular weight excluding hydrogens is 210 g/mol. The lowest BCUT2D eigenvalue weighted by molar-refractivity contribution is 0.406. The number of aryl methyl sites for hydroxylation is 1. The van der Waals surface area contributed by atoms with Gasteiger partial charge in [0.05, 0.1) is 7.11 Å². The summed E-state index contributed by atoms with van der Waals surface area (Å²) in [5.74, 6) is 2.06. The van der Waals surface area contributed by atoms with Crippen LogP contribution < -0.4 is 4.74 Å². The Morgan fingerprint density at radius 2 is 2.13 bits per heavy atom. The predicted molar refractivity (Wildman–Crippen MR) is 63.9 cm³/mol. The molecule has 0 saturated heterocycles. The van der Waals surface area contributed by atoms with Crippen molar-refractivity contribution in [2.45, 2.75) is 27.2 Å². The molecule has 2 nitrogen and oxygen atoms in total. The van der Waals surface area contributed by atoms with E-state index < -0.39 is 0 Å². The van der Waals surface area contributed by atoms with Crippen LogP contribution in [0.2, 0.25) is 0 Å². The SMILES string of the molecule is COc1c(C)cnc(CC(C)CCl)c1C. The Morgan fingerprint density at radius 3 is 2.67 bits per heavy atom. The predicted octanol–water partition coefficient (Wildman–Crippen LogP) is 3.12. The molecule has 1 heterocycles. The summed E-state index contributed by atoms with van der Waals surface area (Å²) in [6.45, 7) is 6.18. The fraction of sp³-hybridized carbons (Fsp3) is 0.583. The number of methoxy groups -OCH3 is 1. The van der Waals surface area contributed by atoms with E-state index in [1.54, 1.807) is 7.11 Å². The molecule has 0 amide bonds. The van der Waals surface area contributed by atoms with Crippen molar-refractivity contribution in [3.63, 3.8) is 0 Å². The minimum Gasteiger partial charge on any atom is -0.496 e. The van der Waals surface area contributed by atoms with E-state index in [9.17, 15) is 0 Å². The van der Waals surface area contributed by atoms with Crippen molar-refractivity contribution >= 4 is 11.6 Å². The minimum absolute atomic E-state index is 0.449. The first-order valence-electron chi connectivity index (χ1n) is 5.15. The Morgan fingerprint density at radius 1 is 1.47 bits per heavy atom. The molecule has 0 aliphatic rings. The van der Waals surface area contributed by atoms with Crippen LogP contribution >= 0.6 is 11.6 Å². The molecule has 0 saturated carbocycles. The van der Waals surface area contributed by atoms with Gasteiger partial charge in [-0.3, -0.25) is 4.98 Å². The number of rotatable bonds is 4. The number of nitrogens with zero attached hydrogens (tertiary/aromatic N) is 1. The average molecular weight is 228 g/mol. The lowest BCUT2D eigenvalue weighted by Gasteiger charge is -2.14. The summed E-state index contributed by atoms with van der Waals surface area (Å²) >= 11 is 5.80. The first-order chi connectivity index (χ1) is 7.10. The molecule has 1 aromatic rings. The van der Waals surface area contributed by atoms with Crippen LogP contribution in [0.5, 0.6) is 5.75 Å². The van der Waals surface area contributed by atoms with Crippen LogP contribution in [0.3, 0.4) is 0 Å². The van der Waals surface area contributed by atoms with Crippen molar-refractivity contribution in [1.29, 1.82) is 0 Å². The summed E-state index contributed by atoms with van der Waals surface area (Å²) in [4.78, 5) is 4.44. The molecule has 0 bridgehead atoms. The van der Waals surface area contributed by atoms with E-state index in [4.69, 9.17) is 16.3 Å². The zero-order valence-electron chi connectivity index (χ0n) is 9.80. The fourth-order valence-corrected chi connectivity index (χ4v) is 1.77. The number of aromatic nitrogens is 1. The number of alkyl halides is 1. The molecule has 0 spiro atoms. The van der Waals surface area contributed by atoms with Crippen molar-refractivity contribution < 1.29 is 4.74 Å². The summed E-state index contributed by atoms with van der Waals surface area (Å²) in [7, 11) is 1.70. The van der Waals surface area contributed by atoms with Gasteiger partial charge in [0.25, 0.3) is 0 Å². The first-order valence-corrected chi connectivity index (χ1v) is 5.68. The van der Waals surface area contributed by atoms with Gasteiger partial charge < -0.3 is 4.74 Å². The maximum atomic E-state index is 5.80. The third-order valence-corrected chi connectivity index (χ3v) is 3.08. The molecule has 3 heteroatoms. The molecule has 1 unspecified atom stereocenters. The second-order valence-corrected chi connectivity index (χ2v) is 4.32. The van der Waals surface area contributed by atoms with Crippen molar-refractivity contribution in [3.8, 4) is 5.75 Å². The smallest absolute Gasteiger partial charge is 0.128 e. The Bertz CT molecular complexity index is 339. The number of hydrogen-bond acceptors (Lipinski definition) is 2. The monoisotopic (exact) mass is 227 g/mol. The molecule has 1 aromatic heterocycles. The molecule has 0 aliphatic carbocycles. The molecule has 0 N–H and O–H groups in total. The van der Waals surface area contributed by atoms with E-state index in [-0.39, 0.29) is 0 Å². The van der Waals surface area contributed by atoms with Gasteiger partial charge in [0.1, 0.15) is 5.75 Å². The lowest BCUT2D eigenvalue weighted by Crippen LogP contribution is -2.06. The number of halogens is 1. The highest BCUT2D eigenvalue weighted by atomic mass is 35.5. The van der Waals surface area contributed by atoms with Crippen LogP contribution in [0.15, 0.2) is 6.20 Å². The van der Waals surface area contributed by atoms with Gasteiger partial charge in [0, 0.05) is 28.9 Å². The second kappa shape index (κ2) is 5.36. The quantitative estimate of drug-likeness (QED) is 0.738. The fourth-order valence-electron chi connectivity index (χ4n) is 1.66. The highest BCUT2D eigenvalue weighted by molar-refractivity contribution is 6.18. The van der Waals surface area contributed by atoms with Gasteiger partial charge in [-0.05, 0) is 26.2 Å². The Balaban J connectivity index is 2.99. The van der Waals surface area contributed by atoms with Crippen LogP contribution in [0.25, 0.3) is 0 Å². The summed E-state index contributed by atoms with van der Waals surface area (Å²) in [5.41, 5.74) is 3.30. The maximum Gasteiger partial charge on any atom is 0.128 e. The molecule has 15 heavy (non-hydrogen) atoms. The highest BCUT2D eigenvalue weighted by Gasteiger charge is 2.11. The van der Waals surface area contributed by atoms with E-state index in [1.807, 2.05) is 13.1 Å². The van der Waals surface area contributed by atoms with Gasteiger partial charge in [-0.2, -0.15) is 0 Å². The Kier molecular flexibility index (Phi) is 4.40. The average Bonchev–Trinajstić information content (AvgIpc) is 2.23. The molecule has 0 fully saturated rings. The van der Waals surface area contributed by atoms with Crippen LogP contribution in [0.4, 0.5) is 0 Å². The lowest BCUT2D eigenvalue weighted by atomic mass is 10.0. The zero-order chi connectivity index (χ0) is 11.4. The summed E-state index contributed by atoms with van der Waals surface area (Å²) in [5, 5.41) is 0. The molecule has 84 valence electrons. The van der Waals surface area contributed by atoms with Gasteiger partial charge >= 0.3 is 0 Å². The Hall–Kier alpha value is -0.760. The second-order valence-electron chi connectivity index (χ2n) is 4.01. The number of ether oxygens (including phenoxy) is 1. The number of hydrogen-bond donors (Lipinski definition) is 0. The normalized spacial score (nSPS) is 12.6. The molecular formula is C12H18ClNO. The van der Waals surface area contributed by atoms with E-state index in [2.05, 4.69) is 18.8 Å². The topological polar surface area (TPSA) is 22.1 Å². The van der Waals surface area contributed by atoms with Gasteiger partial charge in [-0.15, -0.1) is 11.6 Å². The first kappa shape index (κ1) is 12.3. The molecule has 0 aliphatic heterocycles. The third kappa shape index (κ3) is 2.85. The van der Waals surface area contributed by atoms with Gasteiger partial charge in [0.2, 0.25) is 0 Å². The summed E-state index contributed by atoms with van der Waals surface area (Å²) in [6.07, 6.45) is 2.77. The summed E-state index contributed by atoms with van der Waals surface area (Å²) in [6, 6.07) is 0. The highest BCUT2D eigenvalue weighted by Crippen LogP contribution is 2.25. The van der Waals surface area contributed by atoms with Gasteiger partial charge in [-0.1, -0.05) is 6.92 Å². The molecule has 0 aromatic carbocycles. The Labute approximate surface area is 96.6 Å². The van der Waals surface area contributed by atoms with E-state index in [0.717, 1.165) is 29.0 Å². The standard InChI is InChI=1S/C12H18ClNO/c1-8(6-13)5-11-10(3)12(15-4)9(2)7-14-11/h7-8H,5-6H2,1-4H3. The van der Waals surface area contributed by atoms with E-state index >= 15 is 0 Å². The van der Waals surface area contributed by atoms with Crippen LogP contribution in [-0.4, -0.2) is 18.0 Å². The minimum atomic E-state index is 0.449. The van der Waals surface area contributed by atoms with Crippen molar-refractivity contribution in [1.82, 2.24) is 4.98 Å². The van der Waals surface area contributed by atoms with Crippen LogP contribution in [0.1, 0.15) is 23.7 Å². The summed E-state index contributed by atoms with van der Waals surface area (Å²) < 4.78 is 5.36. The van der Waals surface area contributed by atoms with Crippen molar-refractivity contribution in [2.75, 3.05) is 13.0 Å². The van der Waals surface area contributed by atoms with E-state index in [1.165, 1.54) is 0 Å². The van der Waals surface area contributed by atoms with Crippen LogP contribution in [-0.2, 0) is 6.42 Å². The molecule has 0 radical (unpaired) electrons. The van der Waals surface area contributed by atoms with Gasteiger partial charge in [0.15, 0.2) is 0 Å².